The number of aryl methyl sites for hydroxylation is 1. The van der Waals surface area contributed by atoms with Crippen molar-refractivity contribution in [2.24, 2.45) is 28.1 Å². The first-order valence-corrected chi connectivity index (χ1v) is 30.3. The Morgan fingerprint density at radius 3 is 1.60 bits per heavy atom. The van der Waals surface area contributed by atoms with E-state index in [1.807, 2.05) is 0 Å². The monoisotopic (exact) mass is 1260 g/mol. The summed E-state index contributed by atoms with van der Waals surface area (Å²) in [5.74, 6) is -10.1. The standard InChI is InChI=1S/C59H79N13O14S2/c1-36(2)28-45(66-50(74)31-64-53(77)44(25-26-49(61)73)68-52(76)42(60)29-38-14-7-4-8-15-38)56(80)69-43(20-13-27-63-59(62)72-88(84,85)41-23-21-37(3)22-24-41)55(79)71-47(34-86-33-40-18-11-6-12-19-40)57(81)70-46(30-39-16-9-5-10-17-39)54(78)65-32-51(75)67-48(35-87)58(82)83/h4-12,14-19,21-24,36,42-48,87H,13,20,25-35,60H2,1-3H3,(H2,61,73)(H,64,77)(H,65,78)(H,66,74)(H,67,75)(H,68,76)(H,69,80)(H,70,81)(H,71,79)(H,82,83)(H3,62,63,72)/t42-,43-,44-,45-,46-,47-,48-/m0/s1. The number of thiol groups is 1. The Kier molecular flexibility index (Phi) is 30.0. The van der Waals surface area contributed by atoms with E-state index in [0.717, 1.165) is 11.1 Å². The first-order chi connectivity index (χ1) is 41.8. The van der Waals surface area contributed by atoms with E-state index in [9.17, 15) is 61.5 Å². The number of benzene rings is 4. The van der Waals surface area contributed by atoms with Crippen molar-refractivity contribution >= 4 is 87.7 Å². The fraction of sp³-hybridized carbons (Fsp3) is 0.407. The van der Waals surface area contributed by atoms with Crippen LogP contribution in [-0.4, -0.2) is 153 Å². The van der Waals surface area contributed by atoms with E-state index in [-0.39, 0.29) is 74.7 Å². The maximum absolute atomic E-state index is 14.7. The number of carboxylic acids is 1. The summed E-state index contributed by atoms with van der Waals surface area (Å²) in [6.07, 6.45) is -0.882. The third-order valence-electron chi connectivity index (χ3n) is 13.0. The maximum Gasteiger partial charge on any atom is 0.327 e. The van der Waals surface area contributed by atoms with Crippen molar-refractivity contribution in [3.8, 4) is 0 Å². The van der Waals surface area contributed by atoms with Crippen molar-refractivity contribution in [3.63, 3.8) is 0 Å². The van der Waals surface area contributed by atoms with E-state index >= 15 is 0 Å². The average Bonchev–Trinajstić information content (AvgIpc) is 3.44. The van der Waals surface area contributed by atoms with Gasteiger partial charge in [0.25, 0.3) is 10.0 Å². The Morgan fingerprint density at radius 1 is 0.580 bits per heavy atom. The second-order valence-electron chi connectivity index (χ2n) is 20.9. The third-order valence-corrected chi connectivity index (χ3v) is 14.8. The Labute approximate surface area is 516 Å². The smallest absolute Gasteiger partial charge is 0.327 e. The molecule has 0 spiro atoms. The number of hydrogen-bond acceptors (Lipinski definition) is 16. The number of rotatable bonds is 37. The van der Waals surface area contributed by atoms with Crippen LogP contribution in [0.3, 0.4) is 0 Å². The Morgan fingerprint density at radius 2 is 1.06 bits per heavy atom. The SMILES string of the molecule is Cc1ccc(S(=O)(=O)NC(N)=NCCC[C@H](NC(=O)[C@H](CC(C)C)NC(=O)CNC(=O)[C@H](CCC(N)=O)NC(=O)[C@@H](N)Cc2ccccc2)C(=O)N[C@@H](COCc2ccccc2)C(=O)N[C@@H](Cc2ccccc2)C(=O)NCC(=O)N[C@@H](CS)C(=O)O)cc1. The van der Waals surface area contributed by atoms with Crippen LogP contribution in [0.4, 0.5) is 0 Å². The molecule has 0 fully saturated rings. The molecule has 4 rings (SSSR count). The molecule has 0 aliphatic carbocycles. The van der Waals surface area contributed by atoms with Gasteiger partial charge in [-0.15, -0.1) is 0 Å². The second-order valence-corrected chi connectivity index (χ2v) is 22.9. The summed E-state index contributed by atoms with van der Waals surface area (Å²) < 4.78 is 34.3. The van der Waals surface area contributed by atoms with Gasteiger partial charge < -0.3 is 69.6 Å². The lowest BCUT2D eigenvalue weighted by Crippen LogP contribution is -2.60. The van der Waals surface area contributed by atoms with Crippen LogP contribution >= 0.6 is 12.6 Å². The van der Waals surface area contributed by atoms with E-state index in [1.165, 1.54) is 12.1 Å². The number of aliphatic imine (C=N–C) groups is 1. The summed E-state index contributed by atoms with van der Waals surface area (Å²) in [7, 11) is -4.16. The molecule has 476 valence electrons. The summed E-state index contributed by atoms with van der Waals surface area (Å²) in [4.78, 5) is 138. The van der Waals surface area contributed by atoms with Gasteiger partial charge >= 0.3 is 5.97 Å². The predicted molar refractivity (Wildman–Crippen MR) is 329 cm³/mol. The number of carbonyl (C=O) groups excluding carboxylic acids is 9. The molecule has 29 heteroatoms. The molecule has 88 heavy (non-hydrogen) atoms. The second kappa shape index (κ2) is 36.9. The van der Waals surface area contributed by atoms with Crippen LogP contribution in [0.1, 0.15) is 68.2 Å². The summed E-state index contributed by atoms with van der Waals surface area (Å²) >= 11 is 3.94. The van der Waals surface area contributed by atoms with Gasteiger partial charge in [0.15, 0.2) is 0 Å². The number of nitrogens with zero attached hydrogens (tertiary/aromatic N) is 1. The number of aliphatic carboxylic acids is 1. The number of sulfonamides is 1. The zero-order chi connectivity index (χ0) is 64.8. The molecule has 4 aromatic carbocycles. The number of nitrogens with two attached hydrogens (primary N) is 3. The van der Waals surface area contributed by atoms with Gasteiger partial charge in [0.1, 0.15) is 36.3 Å². The molecule has 0 aliphatic heterocycles. The van der Waals surface area contributed by atoms with Gasteiger partial charge in [-0.3, -0.25) is 48.1 Å². The molecule has 0 saturated heterocycles. The summed E-state index contributed by atoms with van der Waals surface area (Å²) in [6.45, 7) is 3.09. The van der Waals surface area contributed by atoms with Crippen LogP contribution in [0.2, 0.25) is 0 Å². The largest absolute Gasteiger partial charge is 0.480 e. The molecular weight excluding hydrogens is 1180 g/mol. The molecule has 9 amide bonds. The van der Waals surface area contributed by atoms with Crippen LogP contribution in [-0.2, 0) is 82.2 Å². The van der Waals surface area contributed by atoms with E-state index in [4.69, 9.17) is 21.9 Å². The van der Waals surface area contributed by atoms with Gasteiger partial charge in [-0.25, -0.2) is 17.9 Å². The van der Waals surface area contributed by atoms with Crippen LogP contribution < -0.4 is 64.5 Å². The van der Waals surface area contributed by atoms with Gasteiger partial charge in [0.2, 0.25) is 59.1 Å². The van der Waals surface area contributed by atoms with Gasteiger partial charge in [0, 0.05) is 25.1 Å². The zero-order valence-electron chi connectivity index (χ0n) is 49.1. The van der Waals surface area contributed by atoms with Crippen LogP contribution in [0.5, 0.6) is 0 Å². The highest BCUT2D eigenvalue weighted by Crippen LogP contribution is 2.13. The van der Waals surface area contributed by atoms with Crippen molar-refractivity contribution < 1.29 is 66.2 Å². The Bertz CT molecular complexity index is 3130. The van der Waals surface area contributed by atoms with E-state index in [1.54, 1.807) is 124 Å². The zero-order valence-corrected chi connectivity index (χ0v) is 50.8. The average molecular weight is 1260 g/mol. The van der Waals surface area contributed by atoms with E-state index < -0.39 is 137 Å². The van der Waals surface area contributed by atoms with Gasteiger partial charge in [-0.05, 0) is 73.8 Å². The number of hydrogen-bond donors (Lipinski definition) is 14. The number of carboxylic acid groups (broad SMARTS) is 1. The lowest BCUT2D eigenvalue weighted by Gasteiger charge is -2.27. The molecular formula is C59H79N13O14S2. The highest BCUT2D eigenvalue weighted by molar-refractivity contribution is 7.90. The molecule has 0 bridgehead atoms. The van der Waals surface area contributed by atoms with Gasteiger partial charge in [-0.2, -0.15) is 12.6 Å². The number of carbonyl (C=O) groups is 10. The molecule has 0 aliphatic rings. The minimum absolute atomic E-state index is 0.0153. The van der Waals surface area contributed by atoms with Crippen LogP contribution in [0.15, 0.2) is 125 Å². The minimum atomic E-state index is -4.16. The first kappa shape index (κ1) is 71.6. The number of guanidine groups is 1. The van der Waals surface area contributed by atoms with Crippen molar-refractivity contribution in [1.29, 1.82) is 0 Å². The molecule has 0 unspecified atom stereocenters. The van der Waals surface area contributed by atoms with Crippen LogP contribution in [0, 0.1) is 12.8 Å². The van der Waals surface area contributed by atoms with E-state index in [0.29, 0.717) is 11.1 Å². The molecule has 16 N–H and O–H groups in total. The maximum atomic E-state index is 14.7. The van der Waals surface area contributed by atoms with Crippen molar-refractivity contribution in [2.45, 2.75) is 120 Å². The minimum Gasteiger partial charge on any atom is -0.480 e. The molecule has 7 atom stereocenters. The van der Waals surface area contributed by atoms with Crippen molar-refractivity contribution in [2.75, 3.05) is 32.0 Å². The summed E-state index contributed by atoms with van der Waals surface area (Å²) in [6, 6.07) is 22.3. The fourth-order valence-electron chi connectivity index (χ4n) is 8.39. The lowest BCUT2D eigenvalue weighted by molar-refractivity contribution is -0.141. The lowest BCUT2D eigenvalue weighted by atomic mass is 10.0. The molecule has 4 aromatic rings. The number of ether oxygens (including phenoxy) is 1. The Hall–Kier alpha value is -8.93. The number of primary amides is 1. The molecule has 0 aromatic heterocycles. The quantitative estimate of drug-likeness (QED) is 0.0110. The van der Waals surface area contributed by atoms with E-state index in [2.05, 4.69) is 64.9 Å². The summed E-state index contributed by atoms with van der Waals surface area (Å²) in [5.41, 5.74) is 20.3. The Balaban J connectivity index is 1.61. The summed E-state index contributed by atoms with van der Waals surface area (Å²) in [5, 5.41) is 29.4. The fourth-order valence-corrected chi connectivity index (χ4v) is 9.59. The molecule has 0 radical (unpaired) electrons. The number of nitrogens with one attached hydrogen (secondary N) is 9. The van der Waals surface area contributed by atoms with Gasteiger partial charge in [-0.1, -0.05) is 123 Å². The highest BCUT2D eigenvalue weighted by Gasteiger charge is 2.33. The topological polar surface area (TPSA) is 433 Å². The normalized spacial score (nSPS) is 13.8. The predicted octanol–water partition coefficient (Wildman–Crippen LogP) is -1.14. The van der Waals surface area contributed by atoms with Crippen LogP contribution in [0.25, 0.3) is 0 Å². The highest BCUT2D eigenvalue weighted by atomic mass is 32.2. The van der Waals surface area contributed by atoms with Crippen molar-refractivity contribution in [1.82, 2.24) is 47.3 Å². The van der Waals surface area contributed by atoms with Crippen molar-refractivity contribution in [3.05, 3.63) is 138 Å². The molecule has 0 saturated carbocycles. The first-order valence-electron chi connectivity index (χ1n) is 28.2. The molecule has 27 nitrogen and oxygen atoms in total. The molecule has 0 heterocycles. The van der Waals surface area contributed by atoms with Gasteiger partial charge in [0.05, 0.1) is 37.2 Å². The third kappa shape index (κ3) is 26.4. The number of amides is 9.